The zero-order valence-electron chi connectivity index (χ0n) is 13.1. The summed E-state index contributed by atoms with van der Waals surface area (Å²) in [7, 11) is 3.88. The van der Waals surface area contributed by atoms with E-state index >= 15 is 0 Å². The minimum absolute atomic E-state index is 0.606. The number of aliphatic imine (C=N–C) groups is 1. The molecule has 7 nitrogen and oxygen atoms in total. The molecule has 2 heterocycles. The Labute approximate surface area is 125 Å². The van der Waals surface area contributed by atoms with E-state index in [9.17, 15) is 0 Å². The fourth-order valence-electron chi connectivity index (χ4n) is 2.47. The molecule has 0 saturated carbocycles. The molecule has 1 atom stereocenters. The van der Waals surface area contributed by atoms with E-state index in [4.69, 9.17) is 9.26 Å². The van der Waals surface area contributed by atoms with E-state index in [1.807, 2.05) is 14.0 Å². The van der Waals surface area contributed by atoms with Gasteiger partial charge in [0.1, 0.15) is 0 Å². The Morgan fingerprint density at radius 3 is 3.00 bits per heavy atom. The summed E-state index contributed by atoms with van der Waals surface area (Å²) in [6, 6.07) is 0. The minimum atomic E-state index is 0.606. The molecule has 1 aliphatic rings. The Morgan fingerprint density at radius 2 is 2.38 bits per heavy atom. The van der Waals surface area contributed by atoms with Gasteiger partial charge in [0, 0.05) is 46.1 Å². The number of guanidine groups is 1. The Balaban J connectivity index is 1.67. The van der Waals surface area contributed by atoms with Gasteiger partial charge in [0.05, 0.1) is 6.61 Å². The fraction of sp³-hybridized carbons (Fsp3) is 0.786. The van der Waals surface area contributed by atoms with Gasteiger partial charge in [-0.3, -0.25) is 4.99 Å². The van der Waals surface area contributed by atoms with Crippen LogP contribution in [-0.4, -0.2) is 61.4 Å². The maximum atomic E-state index is 5.41. The summed E-state index contributed by atoms with van der Waals surface area (Å²) in [5, 5.41) is 7.15. The molecule has 1 fully saturated rings. The summed E-state index contributed by atoms with van der Waals surface area (Å²) in [5.41, 5.74) is 0. The van der Waals surface area contributed by atoms with Crippen molar-refractivity contribution in [2.75, 3.05) is 40.4 Å². The second kappa shape index (κ2) is 7.97. The van der Waals surface area contributed by atoms with Crippen LogP contribution in [-0.2, 0) is 11.2 Å². The number of ether oxygens (including phenoxy) is 1. The Bertz CT molecular complexity index is 454. The number of hydrogen-bond acceptors (Lipinski definition) is 5. The van der Waals surface area contributed by atoms with Crippen molar-refractivity contribution in [3.8, 4) is 0 Å². The first-order valence-electron chi connectivity index (χ1n) is 7.47. The van der Waals surface area contributed by atoms with Crippen molar-refractivity contribution < 1.29 is 9.26 Å². The normalized spacial score (nSPS) is 19.0. The second-order valence-corrected chi connectivity index (χ2v) is 5.42. The molecule has 118 valence electrons. The topological polar surface area (TPSA) is 75.8 Å². The lowest BCUT2D eigenvalue weighted by atomic mass is 10.1. The molecule has 0 spiro atoms. The van der Waals surface area contributed by atoms with Gasteiger partial charge >= 0.3 is 0 Å². The summed E-state index contributed by atoms with van der Waals surface area (Å²) in [6.07, 6.45) is 2.85. The van der Waals surface area contributed by atoms with Gasteiger partial charge in [0.2, 0.25) is 5.89 Å². The molecule has 1 N–H and O–H groups in total. The van der Waals surface area contributed by atoms with Gasteiger partial charge in [-0.15, -0.1) is 0 Å². The molecular weight excluding hydrogens is 270 g/mol. The van der Waals surface area contributed by atoms with Crippen molar-refractivity contribution in [1.29, 1.82) is 0 Å². The molecule has 0 amide bonds. The van der Waals surface area contributed by atoms with Crippen LogP contribution in [0.5, 0.6) is 0 Å². The van der Waals surface area contributed by atoms with Crippen LogP contribution in [0.15, 0.2) is 9.52 Å². The number of nitrogens with one attached hydrogen (secondary N) is 1. The zero-order chi connectivity index (χ0) is 15.1. The highest BCUT2D eigenvalue weighted by Gasteiger charge is 2.18. The molecule has 0 bridgehead atoms. The lowest BCUT2D eigenvalue weighted by Gasteiger charge is -2.24. The quantitative estimate of drug-likeness (QED) is 0.476. The standard InChI is InChI=1S/C14H25N5O2/c1-11-17-13(21-18-11)5-4-7-16-14(15-2)19(3)9-12-6-8-20-10-12/h12H,4-10H2,1-3H3,(H,15,16). The lowest BCUT2D eigenvalue weighted by Crippen LogP contribution is -2.41. The Hall–Kier alpha value is -1.63. The molecule has 0 aliphatic carbocycles. The first-order chi connectivity index (χ1) is 10.2. The van der Waals surface area contributed by atoms with E-state index in [1.165, 1.54) is 0 Å². The summed E-state index contributed by atoms with van der Waals surface area (Å²) < 4.78 is 10.5. The smallest absolute Gasteiger partial charge is 0.226 e. The molecule has 1 aliphatic heterocycles. The largest absolute Gasteiger partial charge is 0.381 e. The molecule has 21 heavy (non-hydrogen) atoms. The highest BCUT2D eigenvalue weighted by molar-refractivity contribution is 5.79. The van der Waals surface area contributed by atoms with Gasteiger partial charge in [-0.25, -0.2) is 0 Å². The van der Waals surface area contributed by atoms with Crippen molar-refractivity contribution in [3.05, 3.63) is 11.7 Å². The molecule has 1 aromatic rings. The van der Waals surface area contributed by atoms with Gasteiger partial charge in [0.25, 0.3) is 0 Å². The number of rotatable bonds is 6. The third-order valence-corrected chi connectivity index (χ3v) is 3.55. The van der Waals surface area contributed by atoms with Crippen molar-refractivity contribution in [2.45, 2.75) is 26.2 Å². The molecule has 2 rings (SSSR count). The van der Waals surface area contributed by atoms with Gasteiger partial charge < -0.3 is 19.5 Å². The van der Waals surface area contributed by atoms with E-state index in [0.29, 0.717) is 17.6 Å². The van der Waals surface area contributed by atoms with Crippen LogP contribution in [0.25, 0.3) is 0 Å². The van der Waals surface area contributed by atoms with E-state index < -0.39 is 0 Å². The number of aromatic nitrogens is 2. The van der Waals surface area contributed by atoms with Crippen LogP contribution in [0.4, 0.5) is 0 Å². The summed E-state index contributed by atoms with van der Waals surface area (Å²) in [5.74, 6) is 2.91. The van der Waals surface area contributed by atoms with Crippen molar-refractivity contribution in [2.24, 2.45) is 10.9 Å². The first-order valence-corrected chi connectivity index (χ1v) is 7.47. The van der Waals surface area contributed by atoms with Crippen LogP contribution < -0.4 is 5.32 Å². The van der Waals surface area contributed by atoms with Gasteiger partial charge in [-0.2, -0.15) is 4.98 Å². The summed E-state index contributed by atoms with van der Waals surface area (Å²) in [4.78, 5) is 10.7. The lowest BCUT2D eigenvalue weighted by molar-refractivity contribution is 0.181. The van der Waals surface area contributed by atoms with E-state index in [0.717, 1.165) is 51.5 Å². The summed E-state index contributed by atoms with van der Waals surface area (Å²) >= 11 is 0. The van der Waals surface area contributed by atoms with Crippen LogP contribution in [0, 0.1) is 12.8 Å². The number of nitrogens with zero attached hydrogens (tertiary/aromatic N) is 4. The molecule has 7 heteroatoms. The maximum Gasteiger partial charge on any atom is 0.226 e. The van der Waals surface area contributed by atoms with E-state index in [1.54, 1.807) is 0 Å². The van der Waals surface area contributed by atoms with Gasteiger partial charge in [-0.05, 0) is 19.8 Å². The summed E-state index contributed by atoms with van der Waals surface area (Å²) in [6.45, 7) is 5.38. The Morgan fingerprint density at radius 1 is 1.52 bits per heavy atom. The Kier molecular flexibility index (Phi) is 5.98. The third-order valence-electron chi connectivity index (χ3n) is 3.55. The zero-order valence-corrected chi connectivity index (χ0v) is 13.1. The van der Waals surface area contributed by atoms with Crippen molar-refractivity contribution >= 4 is 5.96 Å². The SMILES string of the molecule is CN=C(NCCCc1nc(C)no1)N(C)CC1CCOC1. The average Bonchev–Trinajstić information content (AvgIpc) is 3.10. The predicted octanol–water partition coefficient (Wildman–Crippen LogP) is 0.854. The predicted molar refractivity (Wildman–Crippen MR) is 80.3 cm³/mol. The van der Waals surface area contributed by atoms with Crippen LogP contribution in [0.1, 0.15) is 24.6 Å². The van der Waals surface area contributed by atoms with Gasteiger partial charge in [0.15, 0.2) is 11.8 Å². The molecular formula is C14H25N5O2. The van der Waals surface area contributed by atoms with Crippen molar-refractivity contribution in [3.63, 3.8) is 0 Å². The second-order valence-electron chi connectivity index (χ2n) is 5.42. The highest BCUT2D eigenvalue weighted by Crippen LogP contribution is 2.13. The van der Waals surface area contributed by atoms with Crippen LogP contribution >= 0.6 is 0 Å². The minimum Gasteiger partial charge on any atom is -0.381 e. The average molecular weight is 295 g/mol. The van der Waals surface area contributed by atoms with E-state index in [2.05, 4.69) is 32.4 Å². The highest BCUT2D eigenvalue weighted by atomic mass is 16.5. The van der Waals surface area contributed by atoms with Crippen molar-refractivity contribution in [1.82, 2.24) is 20.4 Å². The first kappa shape index (κ1) is 15.8. The molecule has 0 radical (unpaired) electrons. The van der Waals surface area contributed by atoms with Gasteiger partial charge in [-0.1, -0.05) is 5.16 Å². The molecule has 0 aromatic carbocycles. The van der Waals surface area contributed by atoms with Crippen LogP contribution in [0.3, 0.4) is 0 Å². The third kappa shape index (κ3) is 5.00. The number of aryl methyl sites for hydroxylation is 2. The maximum absolute atomic E-state index is 5.41. The van der Waals surface area contributed by atoms with E-state index in [-0.39, 0.29) is 0 Å². The molecule has 1 saturated heterocycles. The monoisotopic (exact) mass is 295 g/mol. The number of hydrogen-bond donors (Lipinski definition) is 1. The van der Waals surface area contributed by atoms with Crippen LogP contribution in [0.2, 0.25) is 0 Å². The molecule has 1 aromatic heterocycles. The molecule has 1 unspecified atom stereocenters. The fourth-order valence-corrected chi connectivity index (χ4v) is 2.47.